The summed E-state index contributed by atoms with van der Waals surface area (Å²) in [4.78, 5) is 16.7. The number of piperidine rings is 1. The van der Waals surface area contributed by atoms with Crippen molar-refractivity contribution in [1.29, 1.82) is 0 Å². The molecule has 4 bridgehead atoms. The summed E-state index contributed by atoms with van der Waals surface area (Å²) in [6.45, 7) is 4.64. The molecule has 0 aromatic heterocycles. The van der Waals surface area contributed by atoms with E-state index in [0.717, 1.165) is 44.3 Å². The zero-order valence-corrected chi connectivity index (χ0v) is 31.5. The van der Waals surface area contributed by atoms with E-state index in [2.05, 4.69) is 32.8 Å². The van der Waals surface area contributed by atoms with Crippen LogP contribution in [-0.4, -0.2) is 95.0 Å². The fourth-order valence-electron chi connectivity index (χ4n) is 8.93. The zero-order chi connectivity index (χ0) is 37.3. The average Bonchev–Trinajstić information content (AvgIpc) is 3.13. The number of esters is 1. The minimum absolute atomic E-state index is 0.0227. The van der Waals surface area contributed by atoms with Crippen LogP contribution in [0, 0.1) is 29.1 Å². The van der Waals surface area contributed by atoms with Crippen molar-refractivity contribution in [3.8, 4) is 23.3 Å². The summed E-state index contributed by atoms with van der Waals surface area (Å²) in [6.07, 6.45) is 8.88. The van der Waals surface area contributed by atoms with Gasteiger partial charge in [-0.1, -0.05) is 37.5 Å². The smallest absolute Gasteiger partial charge is 0.302 e. The molecule has 1 aromatic carbocycles. The second kappa shape index (κ2) is 18.3. The van der Waals surface area contributed by atoms with Gasteiger partial charge in [0.25, 0.3) is 0 Å². The van der Waals surface area contributed by atoms with Crippen molar-refractivity contribution in [2.45, 2.75) is 146 Å². The van der Waals surface area contributed by atoms with Gasteiger partial charge in [-0.2, -0.15) is 0 Å². The molecule has 9 N–H and O–H groups in total. The fraction of sp³-hybridized carbons (Fsp3) is 0.750. The Morgan fingerprint density at radius 2 is 1.94 bits per heavy atom. The van der Waals surface area contributed by atoms with Crippen LogP contribution in [0.3, 0.4) is 0 Å². The molecule has 2 heterocycles. The normalized spacial score (nSPS) is 32.6. The van der Waals surface area contributed by atoms with Crippen LogP contribution in [0.15, 0.2) is 17.1 Å². The zero-order valence-electron chi connectivity index (χ0n) is 31.5. The largest absolute Gasteiger partial charge is 0.504 e. The Bertz CT molecular complexity index is 1440. The van der Waals surface area contributed by atoms with E-state index in [0.29, 0.717) is 43.0 Å². The maximum absolute atomic E-state index is 12.6. The number of nitrogens with one attached hydrogen (secondary N) is 3. The number of aromatic hydroxyl groups is 1. The lowest BCUT2D eigenvalue weighted by Gasteiger charge is -2.43. The summed E-state index contributed by atoms with van der Waals surface area (Å²) in [5, 5.41) is 55.3. The van der Waals surface area contributed by atoms with Gasteiger partial charge in [-0.25, -0.2) is 0 Å². The van der Waals surface area contributed by atoms with Gasteiger partial charge in [-0.05, 0) is 88.1 Å². The molecule has 8 atom stereocenters. The van der Waals surface area contributed by atoms with Crippen molar-refractivity contribution in [1.82, 2.24) is 16.0 Å². The van der Waals surface area contributed by atoms with Gasteiger partial charge in [0.2, 0.25) is 0 Å². The minimum atomic E-state index is -0.935. The molecule has 2 aliphatic heterocycles. The second-order valence-corrected chi connectivity index (χ2v) is 15.9. The number of fused-ring (bicyclic) bond motifs is 5. The molecule has 0 amide bonds. The fourth-order valence-corrected chi connectivity index (χ4v) is 8.93. The third-order valence-corrected chi connectivity index (χ3v) is 12.2. The SMILES string of the molecule is CN=C(N)NCC1(C(C)O)C#CC2CCCC3(CNC4CCCCC4)CC(CCN3)Oc3cc(c(CO)cc3O)CC2C(OC(C)=O)CC(O)CC1. The molecule has 2 fully saturated rings. The van der Waals surface area contributed by atoms with Crippen LogP contribution < -0.4 is 26.4 Å². The molecule has 5 rings (SSSR count). The number of phenols is 1. The number of carbonyl (C=O) groups is 1. The van der Waals surface area contributed by atoms with Gasteiger partial charge in [0.1, 0.15) is 12.2 Å². The summed E-state index contributed by atoms with van der Waals surface area (Å²) in [7, 11) is 1.59. The van der Waals surface area contributed by atoms with Crippen LogP contribution in [0.25, 0.3) is 0 Å². The molecule has 0 radical (unpaired) electrons. The molecule has 8 unspecified atom stereocenters. The number of guanidine groups is 1. The van der Waals surface area contributed by atoms with Crippen LogP contribution in [0.2, 0.25) is 0 Å². The van der Waals surface area contributed by atoms with E-state index in [-0.39, 0.29) is 54.8 Å². The number of aliphatic hydroxyl groups is 3. The summed E-state index contributed by atoms with van der Waals surface area (Å²) in [5.41, 5.74) is 6.17. The Labute approximate surface area is 309 Å². The van der Waals surface area contributed by atoms with Crippen LogP contribution in [0.5, 0.6) is 11.5 Å². The van der Waals surface area contributed by atoms with Crippen LogP contribution >= 0.6 is 0 Å². The van der Waals surface area contributed by atoms with Gasteiger partial charge in [0.05, 0.1) is 24.2 Å². The Balaban J connectivity index is 1.61. The molecule has 290 valence electrons. The summed E-state index contributed by atoms with van der Waals surface area (Å²) in [5.74, 6) is 6.57. The van der Waals surface area contributed by atoms with E-state index < -0.39 is 29.7 Å². The van der Waals surface area contributed by atoms with Crippen molar-refractivity contribution in [3.05, 3.63) is 23.3 Å². The quantitative estimate of drug-likeness (QED) is 0.0851. The number of hydrogen-bond acceptors (Lipinski definition) is 10. The van der Waals surface area contributed by atoms with Crippen molar-refractivity contribution in [2.75, 3.05) is 26.7 Å². The Morgan fingerprint density at radius 3 is 2.65 bits per heavy atom. The first-order valence-corrected chi connectivity index (χ1v) is 19.6. The van der Waals surface area contributed by atoms with Crippen molar-refractivity contribution >= 4 is 11.9 Å². The Kier molecular flexibility index (Phi) is 14.1. The van der Waals surface area contributed by atoms with Crippen LogP contribution in [-0.2, 0) is 22.6 Å². The molecular formula is C40H63N5O7. The number of carbonyl (C=O) groups excluding carboxylic acids is 1. The number of rotatable bonds is 8. The lowest BCUT2D eigenvalue weighted by molar-refractivity contribution is -0.152. The molecule has 1 aromatic rings. The number of ether oxygens (including phenoxy) is 2. The first kappa shape index (κ1) is 40.1. The third kappa shape index (κ3) is 10.3. The highest BCUT2D eigenvalue weighted by Gasteiger charge is 2.41. The number of nitrogens with zero attached hydrogens (tertiary/aromatic N) is 1. The topological polar surface area (TPSA) is 191 Å². The third-order valence-electron chi connectivity index (χ3n) is 12.2. The van der Waals surface area contributed by atoms with E-state index in [1.165, 1.54) is 39.0 Å². The molecule has 12 heteroatoms. The molecule has 12 nitrogen and oxygen atoms in total. The van der Waals surface area contributed by atoms with E-state index in [1.54, 1.807) is 20.0 Å². The predicted octanol–water partition coefficient (Wildman–Crippen LogP) is 3.02. The van der Waals surface area contributed by atoms with Gasteiger partial charge in [0.15, 0.2) is 17.5 Å². The summed E-state index contributed by atoms with van der Waals surface area (Å²) in [6, 6.07) is 3.89. The Hall–Kier alpha value is -3.08. The van der Waals surface area contributed by atoms with Gasteiger partial charge in [-0.15, -0.1) is 0 Å². The number of nitrogens with two attached hydrogens (primary N) is 1. The molecule has 4 aliphatic rings. The van der Waals surface area contributed by atoms with E-state index in [9.17, 15) is 25.2 Å². The maximum atomic E-state index is 12.6. The number of aliphatic hydroxyl groups excluding tert-OH is 3. The van der Waals surface area contributed by atoms with Crippen molar-refractivity contribution in [2.24, 2.45) is 28.0 Å². The molecule has 1 saturated heterocycles. The number of benzene rings is 1. The first-order valence-electron chi connectivity index (χ1n) is 19.6. The Morgan fingerprint density at radius 1 is 1.15 bits per heavy atom. The minimum Gasteiger partial charge on any atom is -0.504 e. The van der Waals surface area contributed by atoms with Gasteiger partial charge in [0, 0.05) is 63.3 Å². The van der Waals surface area contributed by atoms with E-state index >= 15 is 0 Å². The number of aliphatic imine (C=N–C) groups is 1. The molecular weight excluding hydrogens is 662 g/mol. The average molecular weight is 726 g/mol. The predicted molar refractivity (Wildman–Crippen MR) is 201 cm³/mol. The van der Waals surface area contributed by atoms with E-state index in [4.69, 9.17) is 15.2 Å². The lowest BCUT2D eigenvalue weighted by atomic mass is 9.72. The first-order chi connectivity index (χ1) is 24.9. The highest BCUT2D eigenvalue weighted by atomic mass is 16.5. The number of hydrogen-bond donors (Lipinski definition) is 8. The summed E-state index contributed by atoms with van der Waals surface area (Å²) >= 11 is 0. The maximum Gasteiger partial charge on any atom is 0.302 e. The van der Waals surface area contributed by atoms with Crippen molar-refractivity contribution in [3.63, 3.8) is 0 Å². The van der Waals surface area contributed by atoms with Crippen LogP contribution in [0.4, 0.5) is 0 Å². The highest BCUT2D eigenvalue weighted by Crippen LogP contribution is 2.40. The van der Waals surface area contributed by atoms with E-state index in [1.807, 2.05) is 6.07 Å². The molecule has 1 saturated carbocycles. The number of phenolic OH excluding ortho intramolecular Hbond substituents is 1. The van der Waals surface area contributed by atoms with Gasteiger partial charge < -0.3 is 51.6 Å². The molecule has 0 spiro atoms. The highest BCUT2D eigenvalue weighted by molar-refractivity contribution is 5.77. The second-order valence-electron chi connectivity index (χ2n) is 15.9. The lowest BCUT2D eigenvalue weighted by Crippen LogP contribution is -2.60. The molecule has 2 aliphatic carbocycles. The monoisotopic (exact) mass is 725 g/mol. The van der Waals surface area contributed by atoms with Gasteiger partial charge >= 0.3 is 5.97 Å². The van der Waals surface area contributed by atoms with Gasteiger partial charge in [-0.3, -0.25) is 9.79 Å². The summed E-state index contributed by atoms with van der Waals surface area (Å²) < 4.78 is 12.7. The van der Waals surface area contributed by atoms with Crippen molar-refractivity contribution < 1.29 is 34.7 Å². The standard InChI is InChI=1S/C40H63N5O7/c1-26(47)39(24-44-38(41)42-3)15-11-28-8-7-14-40(25-43-31-9-5-4-6-10-31)22-33(13-17-45-40)52-37-20-29(30(23-46)19-35(37)50)18-34(28)36(51-27(2)48)21-32(49)12-16-39/h19-20,26,28,31-34,36,43,45-47,49-50H,4-10,12-14,16-18,21-25H2,1-3H3,(H3,41,42,44). The van der Waals surface area contributed by atoms with Crippen LogP contribution in [0.1, 0.15) is 108 Å². The molecule has 52 heavy (non-hydrogen) atoms.